The monoisotopic (exact) mass is 331 g/mol. The maximum atomic E-state index is 13.0. The highest BCUT2D eigenvalue weighted by molar-refractivity contribution is 7.91. The topological polar surface area (TPSA) is 79.6 Å². The molecule has 0 saturated carbocycles. The molecule has 0 amide bonds. The lowest BCUT2D eigenvalue weighted by Crippen LogP contribution is -2.14. The largest absolute Gasteiger partial charge is 0.370 e. The summed E-state index contributed by atoms with van der Waals surface area (Å²) in [5.41, 5.74) is 0.296. The van der Waals surface area contributed by atoms with E-state index in [-0.39, 0.29) is 15.6 Å². The van der Waals surface area contributed by atoms with E-state index in [1.807, 2.05) is 19.0 Å². The summed E-state index contributed by atoms with van der Waals surface area (Å²) in [5, 5.41) is 7.22. The molecule has 8 heteroatoms. The Labute approximate surface area is 134 Å². The fraction of sp³-hybridized carbons (Fsp3) is 0.200. The van der Waals surface area contributed by atoms with Gasteiger partial charge in [-0.05, 0) is 18.2 Å². The summed E-state index contributed by atoms with van der Waals surface area (Å²) in [4.78, 5) is 6.38. The molecule has 0 aliphatic heterocycles. The Morgan fingerprint density at radius 1 is 1.13 bits per heavy atom. The molecule has 7 nitrogen and oxygen atoms in total. The number of rotatable bonds is 4. The van der Waals surface area contributed by atoms with Gasteiger partial charge in [-0.15, -0.1) is 5.10 Å². The maximum absolute atomic E-state index is 13.0. The van der Waals surface area contributed by atoms with Crippen LogP contribution in [-0.2, 0) is 9.84 Å². The summed E-state index contributed by atoms with van der Waals surface area (Å²) in [6, 6.07) is 10.1. The van der Waals surface area contributed by atoms with Crippen LogP contribution < -0.4 is 10.2 Å². The van der Waals surface area contributed by atoms with E-state index < -0.39 is 9.84 Å². The van der Waals surface area contributed by atoms with Crippen molar-refractivity contribution >= 4 is 27.1 Å². The van der Waals surface area contributed by atoms with Gasteiger partial charge < -0.3 is 10.2 Å². The second kappa shape index (κ2) is 5.54. The standard InChI is InChI=1S/C15H17N5O2S/c1-16-14-13(23(21,22)11-7-5-4-6-8-11)15-17-10-9-12(19(2)3)20(15)18-14/h4-10H,1-3H3,(H,16,18). The number of nitrogens with one attached hydrogen (secondary N) is 1. The molecule has 0 fully saturated rings. The highest BCUT2D eigenvalue weighted by Gasteiger charge is 2.29. The molecule has 0 unspecified atom stereocenters. The van der Waals surface area contributed by atoms with Gasteiger partial charge in [-0.3, -0.25) is 0 Å². The molecule has 3 rings (SSSR count). The zero-order chi connectivity index (χ0) is 16.6. The molecule has 0 radical (unpaired) electrons. The van der Waals surface area contributed by atoms with Crippen molar-refractivity contribution in [1.29, 1.82) is 0 Å². The van der Waals surface area contributed by atoms with Crippen molar-refractivity contribution in [2.75, 3.05) is 31.4 Å². The number of benzene rings is 1. The third-order valence-electron chi connectivity index (χ3n) is 3.47. The molecule has 2 heterocycles. The summed E-state index contributed by atoms with van der Waals surface area (Å²) in [7, 11) is 1.63. The number of anilines is 2. The van der Waals surface area contributed by atoms with E-state index in [4.69, 9.17) is 0 Å². The Kier molecular flexibility index (Phi) is 3.69. The van der Waals surface area contributed by atoms with Gasteiger partial charge in [0.2, 0.25) is 9.84 Å². The Morgan fingerprint density at radius 2 is 1.83 bits per heavy atom. The van der Waals surface area contributed by atoms with Crippen LogP contribution in [-0.4, -0.2) is 44.2 Å². The third-order valence-corrected chi connectivity index (χ3v) is 5.28. The van der Waals surface area contributed by atoms with Crippen LogP contribution in [0.5, 0.6) is 0 Å². The highest BCUT2D eigenvalue weighted by Crippen LogP contribution is 2.31. The normalized spacial score (nSPS) is 11.6. The maximum Gasteiger partial charge on any atom is 0.214 e. The molecule has 0 bridgehead atoms. The quantitative estimate of drug-likeness (QED) is 0.783. The predicted molar refractivity (Wildman–Crippen MR) is 88.8 cm³/mol. The number of fused-ring (bicyclic) bond motifs is 1. The minimum absolute atomic E-state index is 0.0786. The number of hydrogen-bond acceptors (Lipinski definition) is 6. The number of sulfone groups is 1. The number of hydrogen-bond donors (Lipinski definition) is 1. The number of nitrogens with zero attached hydrogens (tertiary/aromatic N) is 4. The molecule has 1 N–H and O–H groups in total. The minimum atomic E-state index is -3.73. The Morgan fingerprint density at radius 3 is 2.43 bits per heavy atom. The van der Waals surface area contributed by atoms with Gasteiger partial charge in [0, 0.05) is 27.3 Å². The van der Waals surface area contributed by atoms with E-state index >= 15 is 0 Å². The predicted octanol–water partition coefficient (Wildman–Crippen LogP) is 1.67. The van der Waals surface area contributed by atoms with Crippen molar-refractivity contribution in [1.82, 2.24) is 14.6 Å². The second-order valence-corrected chi connectivity index (χ2v) is 7.06. The van der Waals surface area contributed by atoms with Crippen molar-refractivity contribution in [2.24, 2.45) is 0 Å². The minimum Gasteiger partial charge on any atom is -0.370 e. The van der Waals surface area contributed by atoms with Crippen LogP contribution in [0.1, 0.15) is 0 Å². The molecule has 3 aromatic rings. The first-order valence-electron chi connectivity index (χ1n) is 6.99. The van der Waals surface area contributed by atoms with Gasteiger partial charge in [0.15, 0.2) is 16.4 Å². The van der Waals surface area contributed by atoms with E-state index in [0.717, 1.165) is 5.82 Å². The summed E-state index contributed by atoms with van der Waals surface area (Å²) in [6.45, 7) is 0. The van der Waals surface area contributed by atoms with Crippen LogP contribution in [0, 0.1) is 0 Å². The van der Waals surface area contributed by atoms with Crippen LogP contribution in [0.15, 0.2) is 52.4 Å². The molecule has 0 aliphatic rings. The van der Waals surface area contributed by atoms with E-state index in [0.29, 0.717) is 5.65 Å². The van der Waals surface area contributed by atoms with Gasteiger partial charge in [0.1, 0.15) is 5.82 Å². The first-order chi connectivity index (χ1) is 11.0. The molecule has 2 aromatic heterocycles. The van der Waals surface area contributed by atoms with Crippen LogP contribution in [0.25, 0.3) is 5.65 Å². The van der Waals surface area contributed by atoms with Crippen LogP contribution in [0.4, 0.5) is 11.6 Å². The zero-order valence-electron chi connectivity index (χ0n) is 13.1. The van der Waals surface area contributed by atoms with Gasteiger partial charge in [-0.25, -0.2) is 13.4 Å². The van der Waals surface area contributed by atoms with E-state index in [1.54, 1.807) is 49.6 Å². The van der Waals surface area contributed by atoms with Crippen LogP contribution in [0.2, 0.25) is 0 Å². The van der Waals surface area contributed by atoms with E-state index in [9.17, 15) is 8.42 Å². The average molecular weight is 331 g/mol. The second-order valence-electron chi connectivity index (χ2n) is 5.18. The summed E-state index contributed by atoms with van der Waals surface area (Å²) < 4.78 is 27.6. The molecule has 0 aliphatic carbocycles. The van der Waals surface area contributed by atoms with Crippen LogP contribution >= 0.6 is 0 Å². The van der Waals surface area contributed by atoms with Gasteiger partial charge >= 0.3 is 0 Å². The molecule has 23 heavy (non-hydrogen) atoms. The van der Waals surface area contributed by atoms with Gasteiger partial charge in [0.25, 0.3) is 0 Å². The third kappa shape index (κ3) is 2.40. The van der Waals surface area contributed by atoms with Crippen molar-refractivity contribution in [3.8, 4) is 0 Å². The Bertz CT molecular complexity index is 949. The lowest BCUT2D eigenvalue weighted by molar-refractivity contribution is 0.597. The van der Waals surface area contributed by atoms with Gasteiger partial charge in [-0.2, -0.15) is 4.52 Å². The summed E-state index contributed by atoms with van der Waals surface area (Å²) in [5.74, 6) is 1.01. The van der Waals surface area contributed by atoms with Gasteiger partial charge in [-0.1, -0.05) is 18.2 Å². The lowest BCUT2D eigenvalue weighted by atomic mass is 10.4. The summed E-state index contributed by atoms with van der Waals surface area (Å²) in [6.07, 6.45) is 1.58. The molecule has 1 aromatic carbocycles. The Balaban J connectivity index is 2.36. The zero-order valence-corrected chi connectivity index (χ0v) is 13.9. The van der Waals surface area contributed by atoms with E-state index in [1.165, 1.54) is 4.52 Å². The average Bonchev–Trinajstić information content (AvgIpc) is 2.94. The molecule has 0 atom stereocenters. The smallest absolute Gasteiger partial charge is 0.214 e. The fourth-order valence-electron chi connectivity index (χ4n) is 2.38. The molecule has 120 valence electrons. The first kappa shape index (κ1) is 15.3. The van der Waals surface area contributed by atoms with Crippen molar-refractivity contribution < 1.29 is 8.42 Å². The molecular formula is C15H17N5O2S. The highest BCUT2D eigenvalue weighted by atomic mass is 32.2. The first-order valence-corrected chi connectivity index (χ1v) is 8.48. The fourth-order valence-corrected chi connectivity index (χ4v) is 3.91. The SMILES string of the molecule is CNc1nn2c(N(C)C)ccnc2c1S(=O)(=O)c1ccccc1. The Hall–Kier alpha value is -2.61. The van der Waals surface area contributed by atoms with Crippen molar-refractivity contribution in [3.05, 3.63) is 42.6 Å². The van der Waals surface area contributed by atoms with Crippen molar-refractivity contribution in [3.63, 3.8) is 0 Å². The molecular weight excluding hydrogens is 314 g/mol. The van der Waals surface area contributed by atoms with Crippen molar-refractivity contribution in [2.45, 2.75) is 9.79 Å². The number of aromatic nitrogens is 3. The van der Waals surface area contributed by atoms with E-state index in [2.05, 4.69) is 15.4 Å². The van der Waals surface area contributed by atoms with Gasteiger partial charge in [0.05, 0.1) is 4.90 Å². The molecule has 0 saturated heterocycles. The molecule has 0 spiro atoms. The summed E-state index contributed by atoms with van der Waals surface area (Å²) >= 11 is 0. The van der Waals surface area contributed by atoms with Crippen LogP contribution in [0.3, 0.4) is 0 Å². The lowest BCUT2D eigenvalue weighted by Gasteiger charge is -2.13.